The fourth-order valence-corrected chi connectivity index (χ4v) is 2.68. The number of fused-ring (bicyclic) bond motifs is 1. The average molecular weight is 285 g/mol. The van der Waals surface area contributed by atoms with Gasteiger partial charge in [-0.2, -0.15) is 14.6 Å². The lowest BCUT2D eigenvalue weighted by Gasteiger charge is -2.30. The molecule has 1 aliphatic carbocycles. The van der Waals surface area contributed by atoms with Crippen LogP contribution in [-0.2, 0) is 0 Å². The van der Waals surface area contributed by atoms with E-state index < -0.39 is 5.60 Å². The standard InChI is InChI=1S/C15H19N5O/c1-10-3-6-15(21,7-4-10)8-5-12-11(2)19-14-17-9-18-20(14)13(12)16/h9-10,21H,3-4,6-7,16H2,1-2H3. The van der Waals surface area contributed by atoms with E-state index in [1.54, 1.807) is 0 Å². The summed E-state index contributed by atoms with van der Waals surface area (Å²) in [5.41, 5.74) is 6.48. The van der Waals surface area contributed by atoms with Crippen molar-refractivity contribution in [3.05, 3.63) is 17.6 Å². The Bertz CT molecular complexity index is 732. The van der Waals surface area contributed by atoms with Crippen LogP contribution in [-0.4, -0.2) is 30.3 Å². The smallest absolute Gasteiger partial charge is 0.254 e. The van der Waals surface area contributed by atoms with E-state index in [9.17, 15) is 5.11 Å². The van der Waals surface area contributed by atoms with Crippen LogP contribution in [0.5, 0.6) is 0 Å². The number of aromatic nitrogens is 4. The molecule has 110 valence electrons. The minimum Gasteiger partial charge on any atom is -0.382 e. The van der Waals surface area contributed by atoms with Crippen LogP contribution in [0.25, 0.3) is 5.78 Å². The molecule has 2 aromatic heterocycles. The highest BCUT2D eigenvalue weighted by atomic mass is 16.3. The van der Waals surface area contributed by atoms with Crippen molar-refractivity contribution in [3.8, 4) is 11.8 Å². The van der Waals surface area contributed by atoms with Crippen LogP contribution in [0, 0.1) is 24.7 Å². The van der Waals surface area contributed by atoms with Crippen LogP contribution in [0.3, 0.4) is 0 Å². The first-order chi connectivity index (χ1) is 9.98. The molecule has 1 aliphatic rings. The number of nitrogens with zero attached hydrogens (tertiary/aromatic N) is 4. The largest absolute Gasteiger partial charge is 0.382 e. The molecule has 0 bridgehead atoms. The summed E-state index contributed by atoms with van der Waals surface area (Å²) in [5.74, 6) is 7.54. The van der Waals surface area contributed by atoms with Crippen molar-refractivity contribution in [2.24, 2.45) is 5.92 Å². The monoisotopic (exact) mass is 285 g/mol. The SMILES string of the molecule is Cc1nc2ncnn2c(N)c1C#CC1(O)CCC(C)CC1. The highest BCUT2D eigenvalue weighted by molar-refractivity contribution is 5.57. The molecule has 0 saturated heterocycles. The first-order valence-corrected chi connectivity index (χ1v) is 7.20. The van der Waals surface area contributed by atoms with E-state index in [1.807, 2.05) is 6.92 Å². The normalized spacial score (nSPS) is 25.6. The Morgan fingerprint density at radius 2 is 2.14 bits per heavy atom. The maximum absolute atomic E-state index is 10.5. The molecular weight excluding hydrogens is 266 g/mol. The van der Waals surface area contributed by atoms with Gasteiger partial charge in [0.1, 0.15) is 17.7 Å². The number of hydrogen-bond acceptors (Lipinski definition) is 5. The number of aryl methyl sites for hydroxylation is 1. The van der Waals surface area contributed by atoms with Crippen molar-refractivity contribution in [1.29, 1.82) is 0 Å². The van der Waals surface area contributed by atoms with Crippen LogP contribution in [0.15, 0.2) is 6.33 Å². The Hall–Kier alpha value is -2.13. The number of aliphatic hydroxyl groups is 1. The molecule has 3 rings (SSSR count). The zero-order valence-corrected chi connectivity index (χ0v) is 12.3. The van der Waals surface area contributed by atoms with Gasteiger partial charge in [-0.15, -0.1) is 0 Å². The average Bonchev–Trinajstić information content (AvgIpc) is 2.90. The Labute approximate surface area is 123 Å². The van der Waals surface area contributed by atoms with E-state index >= 15 is 0 Å². The Kier molecular flexibility index (Phi) is 3.30. The zero-order valence-electron chi connectivity index (χ0n) is 12.3. The summed E-state index contributed by atoms with van der Waals surface area (Å²) >= 11 is 0. The number of anilines is 1. The van der Waals surface area contributed by atoms with Crippen LogP contribution in [0.4, 0.5) is 5.82 Å². The Morgan fingerprint density at radius 1 is 1.43 bits per heavy atom. The molecule has 2 aromatic rings. The van der Waals surface area contributed by atoms with E-state index in [2.05, 4.69) is 33.8 Å². The summed E-state index contributed by atoms with van der Waals surface area (Å²) < 4.78 is 1.46. The highest BCUT2D eigenvalue weighted by Crippen LogP contribution is 2.31. The van der Waals surface area contributed by atoms with Crippen LogP contribution < -0.4 is 5.73 Å². The third-order valence-electron chi connectivity index (χ3n) is 4.17. The first-order valence-electron chi connectivity index (χ1n) is 7.20. The van der Waals surface area contributed by atoms with Gasteiger partial charge in [-0.25, -0.2) is 4.98 Å². The second-order valence-corrected chi connectivity index (χ2v) is 5.89. The molecule has 6 nitrogen and oxygen atoms in total. The zero-order chi connectivity index (χ0) is 15.0. The Balaban J connectivity index is 1.97. The molecule has 0 amide bonds. The lowest BCUT2D eigenvalue weighted by atomic mass is 9.80. The van der Waals surface area contributed by atoms with Crippen molar-refractivity contribution in [2.75, 3.05) is 5.73 Å². The van der Waals surface area contributed by atoms with Gasteiger partial charge in [0.25, 0.3) is 5.78 Å². The molecule has 21 heavy (non-hydrogen) atoms. The second kappa shape index (κ2) is 5.01. The van der Waals surface area contributed by atoms with E-state index in [1.165, 1.54) is 10.8 Å². The predicted octanol–water partition coefficient (Wildman–Crippen LogP) is 1.31. The molecule has 2 heterocycles. The van der Waals surface area contributed by atoms with Crippen LogP contribution in [0.2, 0.25) is 0 Å². The number of nitrogens with two attached hydrogens (primary N) is 1. The summed E-state index contributed by atoms with van der Waals surface area (Å²) in [6.07, 6.45) is 4.82. The van der Waals surface area contributed by atoms with E-state index in [0.29, 0.717) is 41.6 Å². The lowest BCUT2D eigenvalue weighted by Crippen LogP contribution is -2.31. The number of hydrogen-bond donors (Lipinski definition) is 2. The minimum atomic E-state index is -0.914. The topological polar surface area (TPSA) is 89.3 Å². The van der Waals surface area contributed by atoms with Gasteiger partial charge in [0, 0.05) is 0 Å². The highest BCUT2D eigenvalue weighted by Gasteiger charge is 2.29. The van der Waals surface area contributed by atoms with Crippen molar-refractivity contribution in [3.63, 3.8) is 0 Å². The van der Waals surface area contributed by atoms with Crippen molar-refractivity contribution in [2.45, 2.75) is 45.1 Å². The predicted molar refractivity (Wildman–Crippen MR) is 79.4 cm³/mol. The third-order valence-corrected chi connectivity index (χ3v) is 4.17. The van der Waals surface area contributed by atoms with E-state index in [4.69, 9.17) is 5.73 Å². The van der Waals surface area contributed by atoms with Gasteiger partial charge in [0.15, 0.2) is 0 Å². The van der Waals surface area contributed by atoms with E-state index in [0.717, 1.165) is 12.8 Å². The molecule has 1 saturated carbocycles. The van der Waals surface area contributed by atoms with Gasteiger partial charge < -0.3 is 10.8 Å². The summed E-state index contributed by atoms with van der Waals surface area (Å²) in [6.45, 7) is 4.04. The molecule has 0 radical (unpaired) electrons. The fraction of sp³-hybridized carbons (Fsp3) is 0.533. The quantitative estimate of drug-likeness (QED) is 0.712. The number of rotatable bonds is 0. The van der Waals surface area contributed by atoms with Gasteiger partial charge >= 0.3 is 0 Å². The summed E-state index contributed by atoms with van der Waals surface area (Å²) in [7, 11) is 0. The maximum Gasteiger partial charge on any atom is 0.254 e. The fourth-order valence-electron chi connectivity index (χ4n) is 2.68. The molecule has 0 aromatic carbocycles. The molecule has 3 N–H and O–H groups in total. The van der Waals surface area contributed by atoms with Gasteiger partial charge in [-0.05, 0) is 38.5 Å². The summed E-state index contributed by atoms with van der Waals surface area (Å²) in [5, 5.41) is 14.6. The van der Waals surface area contributed by atoms with E-state index in [-0.39, 0.29) is 0 Å². The minimum absolute atomic E-state index is 0.412. The molecule has 0 spiro atoms. The molecule has 0 aliphatic heterocycles. The molecule has 0 unspecified atom stereocenters. The Morgan fingerprint density at radius 3 is 2.86 bits per heavy atom. The van der Waals surface area contributed by atoms with Gasteiger partial charge in [-0.3, -0.25) is 0 Å². The number of nitrogen functional groups attached to an aromatic ring is 1. The van der Waals surface area contributed by atoms with Crippen molar-refractivity contribution >= 4 is 11.6 Å². The van der Waals surface area contributed by atoms with Gasteiger partial charge in [0.05, 0.1) is 11.3 Å². The van der Waals surface area contributed by atoms with Crippen molar-refractivity contribution < 1.29 is 5.11 Å². The van der Waals surface area contributed by atoms with Crippen LogP contribution >= 0.6 is 0 Å². The van der Waals surface area contributed by atoms with Gasteiger partial charge in [0.2, 0.25) is 0 Å². The first kappa shape index (κ1) is 13.8. The lowest BCUT2D eigenvalue weighted by molar-refractivity contribution is 0.0471. The molecule has 0 atom stereocenters. The molecular formula is C15H19N5O. The van der Waals surface area contributed by atoms with Gasteiger partial charge in [-0.1, -0.05) is 18.8 Å². The maximum atomic E-state index is 10.5. The molecule has 6 heteroatoms. The van der Waals surface area contributed by atoms with Crippen molar-refractivity contribution in [1.82, 2.24) is 19.6 Å². The summed E-state index contributed by atoms with van der Waals surface area (Å²) in [6, 6.07) is 0. The second-order valence-electron chi connectivity index (χ2n) is 5.89. The molecule has 1 fully saturated rings. The third kappa shape index (κ3) is 2.57. The van der Waals surface area contributed by atoms with Crippen LogP contribution in [0.1, 0.15) is 43.9 Å². The summed E-state index contributed by atoms with van der Waals surface area (Å²) in [4.78, 5) is 8.34.